The molecule has 0 radical (unpaired) electrons. The van der Waals surface area contributed by atoms with Crippen molar-refractivity contribution in [1.29, 1.82) is 0 Å². The zero-order valence-corrected chi connectivity index (χ0v) is 12.3. The summed E-state index contributed by atoms with van der Waals surface area (Å²) in [6.07, 6.45) is 9.26. The Hall–Kier alpha value is -0.870. The van der Waals surface area contributed by atoms with Crippen LogP contribution in [0.25, 0.3) is 0 Å². The Labute approximate surface area is 121 Å². The summed E-state index contributed by atoms with van der Waals surface area (Å²) in [6, 6.07) is 0. The lowest BCUT2D eigenvalue weighted by Gasteiger charge is -2.39. The van der Waals surface area contributed by atoms with Crippen molar-refractivity contribution >= 4 is 5.91 Å². The minimum Gasteiger partial charge on any atom is -0.376 e. The Morgan fingerprint density at radius 1 is 1.35 bits per heavy atom. The van der Waals surface area contributed by atoms with Gasteiger partial charge in [0.2, 0.25) is 5.91 Å². The normalized spacial score (nSPS) is 29.4. The SMILES string of the molecule is CCOC1COC2(CCN(C(=O)C3CC=CC3)CC2)C1. The highest BCUT2D eigenvalue weighted by molar-refractivity contribution is 5.79. The molecule has 3 aliphatic rings. The van der Waals surface area contributed by atoms with Crippen LogP contribution in [0.1, 0.15) is 39.0 Å². The Morgan fingerprint density at radius 3 is 2.70 bits per heavy atom. The van der Waals surface area contributed by atoms with E-state index in [-0.39, 0.29) is 17.6 Å². The first-order valence-corrected chi connectivity index (χ1v) is 7.92. The number of rotatable bonds is 3. The topological polar surface area (TPSA) is 38.8 Å². The predicted octanol–water partition coefficient (Wildman–Crippen LogP) is 2.14. The smallest absolute Gasteiger partial charge is 0.226 e. The van der Waals surface area contributed by atoms with Gasteiger partial charge in [-0.3, -0.25) is 4.79 Å². The molecule has 1 atom stereocenters. The molecule has 0 aromatic carbocycles. The minimum absolute atomic E-state index is 0.0233. The van der Waals surface area contributed by atoms with Crippen molar-refractivity contribution in [3.05, 3.63) is 12.2 Å². The van der Waals surface area contributed by atoms with Gasteiger partial charge >= 0.3 is 0 Å². The molecule has 4 heteroatoms. The second kappa shape index (κ2) is 5.86. The summed E-state index contributed by atoms with van der Waals surface area (Å²) in [7, 11) is 0. The van der Waals surface area contributed by atoms with Crippen LogP contribution in [0.15, 0.2) is 12.2 Å². The van der Waals surface area contributed by atoms with E-state index in [0.29, 0.717) is 12.5 Å². The van der Waals surface area contributed by atoms with E-state index < -0.39 is 0 Å². The van der Waals surface area contributed by atoms with Crippen molar-refractivity contribution in [3.8, 4) is 0 Å². The van der Waals surface area contributed by atoms with Gasteiger partial charge in [-0.05, 0) is 32.6 Å². The average molecular weight is 279 g/mol. The largest absolute Gasteiger partial charge is 0.376 e. The van der Waals surface area contributed by atoms with E-state index in [1.807, 2.05) is 11.8 Å². The summed E-state index contributed by atoms with van der Waals surface area (Å²) < 4.78 is 11.7. The van der Waals surface area contributed by atoms with Gasteiger partial charge in [0.15, 0.2) is 0 Å². The molecule has 1 unspecified atom stereocenters. The van der Waals surface area contributed by atoms with Gasteiger partial charge in [0.1, 0.15) is 0 Å². The molecule has 1 aliphatic carbocycles. The Morgan fingerprint density at radius 2 is 2.05 bits per heavy atom. The van der Waals surface area contributed by atoms with E-state index in [1.165, 1.54) is 0 Å². The van der Waals surface area contributed by atoms with Gasteiger partial charge in [0, 0.05) is 32.0 Å². The number of piperidine rings is 1. The fourth-order valence-electron chi connectivity index (χ4n) is 3.71. The van der Waals surface area contributed by atoms with Crippen LogP contribution in [0.2, 0.25) is 0 Å². The van der Waals surface area contributed by atoms with Crippen LogP contribution < -0.4 is 0 Å². The molecular formula is C16H25NO3. The molecule has 0 bridgehead atoms. The monoisotopic (exact) mass is 279 g/mol. The lowest BCUT2D eigenvalue weighted by atomic mass is 9.87. The lowest BCUT2D eigenvalue weighted by Crippen LogP contribution is -2.48. The van der Waals surface area contributed by atoms with Gasteiger partial charge in [0.25, 0.3) is 0 Å². The molecule has 2 saturated heterocycles. The fourth-order valence-corrected chi connectivity index (χ4v) is 3.71. The summed E-state index contributed by atoms with van der Waals surface area (Å²) in [5.74, 6) is 0.536. The van der Waals surface area contributed by atoms with E-state index in [2.05, 4.69) is 12.2 Å². The number of carbonyl (C=O) groups is 1. The molecule has 0 aromatic rings. The van der Waals surface area contributed by atoms with Crippen LogP contribution in [0, 0.1) is 5.92 Å². The highest BCUT2D eigenvalue weighted by Crippen LogP contribution is 2.37. The number of hydrogen-bond donors (Lipinski definition) is 0. The number of likely N-dealkylation sites (tertiary alicyclic amines) is 1. The van der Waals surface area contributed by atoms with Crippen LogP contribution in [0.5, 0.6) is 0 Å². The van der Waals surface area contributed by atoms with E-state index >= 15 is 0 Å². The molecule has 1 amide bonds. The van der Waals surface area contributed by atoms with Crippen LogP contribution in [-0.2, 0) is 14.3 Å². The summed E-state index contributed by atoms with van der Waals surface area (Å²) in [5.41, 5.74) is -0.0233. The fraction of sp³-hybridized carbons (Fsp3) is 0.812. The molecule has 0 saturated carbocycles. The van der Waals surface area contributed by atoms with Crippen LogP contribution in [0.4, 0.5) is 0 Å². The van der Waals surface area contributed by atoms with E-state index in [0.717, 1.165) is 51.8 Å². The van der Waals surface area contributed by atoms with Crippen molar-refractivity contribution in [2.75, 3.05) is 26.3 Å². The average Bonchev–Trinajstić information content (AvgIpc) is 3.10. The first-order chi connectivity index (χ1) is 9.72. The summed E-state index contributed by atoms with van der Waals surface area (Å²) in [6.45, 7) is 5.18. The molecule has 2 heterocycles. The van der Waals surface area contributed by atoms with E-state index in [9.17, 15) is 4.79 Å². The standard InChI is InChI=1S/C16H25NO3/c1-2-19-14-11-16(20-12-14)7-9-17(10-8-16)15(18)13-5-3-4-6-13/h3-4,13-14H,2,5-12H2,1H3. The molecule has 0 aromatic heterocycles. The van der Waals surface area contributed by atoms with Gasteiger partial charge < -0.3 is 14.4 Å². The van der Waals surface area contributed by atoms with Crippen molar-refractivity contribution in [2.45, 2.75) is 50.7 Å². The van der Waals surface area contributed by atoms with Crippen molar-refractivity contribution in [3.63, 3.8) is 0 Å². The second-order valence-corrected chi connectivity index (χ2v) is 6.24. The van der Waals surface area contributed by atoms with Crippen molar-refractivity contribution < 1.29 is 14.3 Å². The Kier molecular flexibility index (Phi) is 4.13. The van der Waals surface area contributed by atoms with Gasteiger partial charge in [-0.1, -0.05) is 12.2 Å². The summed E-state index contributed by atoms with van der Waals surface area (Å²) in [4.78, 5) is 14.4. The van der Waals surface area contributed by atoms with Crippen molar-refractivity contribution in [1.82, 2.24) is 4.90 Å². The quantitative estimate of drug-likeness (QED) is 0.743. The molecule has 0 N–H and O–H groups in total. The number of ether oxygens (including phenoxy) is 2. The third-order valence-corrected chi connectivity index (χ3v) is 4.92. The molecule has 3 rings (SSSR count). The third kappa shape index (κ3) is 2.77. The van der Waals surface area contributed by atoms with Gasteiger partial charge in [-0.25, -0.2) is 0 Å². The zero-order chi connectivity index (χ0) is 14.0. The highest BCUT2D eigenvalue weighted by atomic mass is 16.6. The lowest BCUT2D eigenvalue weighted by molar-refractivity contribution is -0.139. The van der Waals surface area contributed by atoms with Crippen LogP contribution in [0.3, 0.4) is 0 Å². The number of hydrogen-bond acceptors (Lipinski definition) is 3. The molecule has 2 aliphatic heterocycles. The number of allylic oxidation sites excluding steroid dienone is 2. The van der Waals surface area contributed by atoms with E-state index in [1.54, 1.807) is 0 Å². The number of carbonyl (C=O) groups excluding carboxylic acids is 1. The summed E-state index contributed by atoms with van der Waals surface area (Å²) >= 11 is 0. The summed E-state index contributed by atoms with van der Waals surface area (Å²) in [5, 5.41) is 0. The molecule has 2 fully saturated rings. The maximum atomic E-state index is 12.4. The van der Waals surface area contributed by atoms with Crippen LogP contribution in [-0.4, -0.2) is 48.8 Å². The van der Waals surface area contributed by atoms with Gasteiger partial charge in [-0.2, -0.15) is 0 Å². The molecule has 20 heavy (non-hydrogen) atoms. The number of nitrogens with zero attached hydrogens (tertiary/aromatic N) is 1. The highest BCUT2D eigenvalue weighted by Gasteiger charge is 2.44. The third-order valence-electron chi connectivity index (χ3n) is 4.92. The predicted molar refractivity (Wildman–Crippen MR) is 76.4 cm³/mol. The first-order valence-electron chi connectivity index (χ1n) is 7.92. The van der Waals surface area contributed by atoms with Crippen LogP contribution >= 0.6 is 0 Å². The second-order valence-electron chi connectivity index (χ2n) is 6.24. The Balaban J connectivity index is 1.51. The maximum absolute atomic E-state index is 12.4. The molecule has 1 spiro atoms. The van der Waals surface area contributed by atoms with Crippen molar-refractivity contribution in [2.24, 2.45) is 5.92 Å². The Bertz CT molecular complexity index is 377. The molecular weight excluding hydrogens is 254 g/mol. The minimum atomic E-state index is -0.0233. The van der Waals surface area contributed by atoms with E-state index in [4.69, 9.17) is 9.47 Å². The zero-order valence-electron chi connectivity index (χ0n) is 12.3. The van der Waals surface area contributed by atoms with Gasteiger partial charge in [0.05, 0.1) is 18.3 Å². The number of amides is 1. The van der Waals surface area contributed by atoms with Gasteiger partial charge in [-0.15, -0.1) is 0 Å². The molecule has 112 valence electrons. The maximum Gasteiger partial charge on any atom is 0.226 e. The molecule has 4 nitrogen and oxygen atoms in total. The first kappa shape index (κ1) is 14.1.